The average Bonchev–Trinajstić information content (AvgIpc) is 2.72. The summed E-state index contributed by atoms with van der Waals surface area (Å²) < 4.78 is 7.94. The van der Waals surface area contributed by atoms with Gasteiger partial charge in [0.1, 0.15) is 5.52 Å². The van der Waals surface area contributed by atoms with Crippen molar-refractivity contribution in [3.8, 4) is 0 Å². The summed E-state index contributed by atoms with van der Waals surface area (Å²) in [5.74, 6) is -0.275. The number of rotatable bonds is 3. The molecule has 2 N–H and O–H groups in total. The fourth-order valence-corrected chi connectivity index (χ4v) is 1.63. The van der Waals surface area contributed by atoms with E-state index in [4.69, 9.17) is 5.11 Å². The van der Waals surface area contributed by atoms with Crippen molar-refractivity contribution in [2.75, 3.05) is 6.54 Å². The second-order valence-electron chi connectivity index (χ2n) is 3.39. The van der Waals surface area contributed by atoms with Gasteiger partial charge in [0, 0.05) is 12.7 Å². The lowest BCUT2D eigenvalue weighted by molar-refractivity contribution is 0.0924. The van der Waals surface area contributed by atoms with Crippen LogP contribution >= 0.6 is 11.7 Å². The van der Waals surface area contributed by atoms with Gasteiger partial charge in [-0.1, -0.05) is 0 Å². The van der Waals surface area contributed by atoms with E-state index >= 15 is 0 Å². The van der Waals surface area contributed by atoms with Crippen LogP contribution in [0.5, 0.6) is 0 Å². The molecule has 2 rings (SSSR count). The lowest BCUT2D eigenvalue weighted by atomic mass is 10.2. The molecule has 0 saturated heterocycles. The summed E-state index contributed by atoms with van der Waals surface area (Å²) in [5.41, 5.74) is 1.56. The Bertz CT molecular complexity index is 511. The predicted molar refractivity (Wildman–Crippen MR) is 59.2 cm³/mol. The van der Waals surface area contributed by atoms with Crippen LogP contribution in [0.25, 0.3) is 11.2 Å². The Hall–Kier alpha value is -1.60. The van der Waals surface area contributed by atoms with Gasteiger partial charge in [0.05, 0.1) is 23.4 Å². The first kappa shape index (κ1) is 10.9. The van der Waals surface area contributed by atoms with Crippen molar-refractivity contribution >= 4 is 28.8 Å². The minimum Gasteiger partial charge on any atom is -0.392 e. The van der Waals surface area contributed by atoms with Gasteiger partial charge in [-0.3, -0.25) is 4.79 Å². The monoisotopic (exact) mass is 238 g/mol. The summed E-state index contributed by atoms with van der Waals surface area (Å²) in [6, 6.07) is 1.63. The quantitative estimate of drug-likeness (QED) is 0.797. The van der Waals surface area contributed by atoms with E-state index in [0.717, 1.165) is 11.7 Å². The number of hydrogen-bond acceptors (Lipinski definition) is 6. The van der Waals surface area contributed by atoms with Crippen LogP contribution < -0.4 is 5.32 Å². The summed E-state index contributed by atoms with van der Waals surface area (Å²) in [5, 5.41) is 11.6. The second-order valence-corrected chi connectivity index (χ2v) is 3.92. The maximum Gasteiger partial charge on any atom is 0.253 e. The summed E-state index contributed by atoms with van der Waals surface area (Å²) >= 11 is 1.06. The molecule has 0 aromatic carbocycles. The summed E-state index contributed by atoms with van der Waals surface area (Å²) in [6.07, 6.45) is 0.878. The number of aliphatic hydroxyl groups excluding tert-OH is 1. The van der Waals surface area contributed by atoms with Crippen molar-refractivity contribution in [3.63, 3.8) is 0 Å². The molecule has 1 atom stereocenters. The molecule has 6 nitrogen and oxygen atoms in total. The van der Waals surface area contributed by atoms with Gasteiger partial charge in [-0.15, -0.1) is 0 Å². The van der Waals surface area contributed by atoms with Gasteiger partial charge in [-0.05, 0) is 13.0 Å². The van der Waals surface area contributed by atoms with Gasteiger partial charge in [-0.25, -0.2) is 4.98 Å². The van der Waals surface area contributed by atoms with Crippen LogP contribution in [0.2, 0.25) is 0 Å². The Kier molecular flexibility index (Phi) is 3.07. The molecule has 7 heteroatoms. The van der Waals surface area contributed by atoms with Gasteiger partial charge >= 0.3 is 0 Å². The Morgan fingerprint density at radius 1 is 1.62 bits per heavy atom. The highest BCUT2D eigenvalue weighted by atomic mass is 32.1. The van der Waals surface area contributed by atoms with E-state index in [1.54, 1.807) is 13.0 Å². The second kappa shape index (κ2) is 4.50. The van der Waals surface area contributed by atoms with Crippen molar-refractivity contribution in [1.29, 1.82) is 0 Å². The molecule has 0 spiro atoms. The van der Waals surface area contributed by atoms with E-state index in [1.807, 2.05) is 0 Å². The number of fused-ring (bicyclic) bond motifs is 1. The van der Waals surface area contributed by atoms with Gasteiger partial charge in [0.15, 0.2) is 5.65 Å². The van der Waals surface area contributed by atoms with Crippen molar-refractivity contribution in [1.82, 2.24) is 19.0 Å². The first-order valence-electron chi connectivity index (χ1n) is 4.71. The van der Waals surface area contributed by atoms with Crippen LogP contribution in [-0.4, -0.2) is 37.4 Å². The number of nitrogens with one attached hydrogen (secondary N) is 1. The normalized spacial score (nSPS) is 12.6. The molecule has 0 fully saturated rings. The molecule has 0 aliphatic rings. The Morgan fingerprint density at radius 2 is 2.44 bits per heavy atom. The van der Waals surface area contributed by atoms with Crippen LogP contribution in [0.3, 0.4) is 0 Å². The van der Waals surface area contributed by atoms with Gasteiger partial charge in [-0.2, -0.15) is 8.75 Å². The highest BCUT2D eigenvalue weighted by Gasteiger charge is 2.09. The summed E-state index contributed by atoms with van der Waals surface area (Å²) in [6.45, 7) is 1.82. The zero-order chi connectivity index (χ0) is 11.5. The number of aromatic nitrogens is 3. The molecule has 2 heterocycles. The lowest BCUT2D eigenvalue weighted by Gasteiger charge is -2.06. The van der Waals surface area contributed by atoms with E-state index in [0.29, 0.717) is 16.7 Å². The minimum atomic E-state index is -0.568. The molecule has 0 aliphatic heterocycles. The Balaban J connectivity index is 2.16. The third kappa shape index (κ3) is 2.31. The van der Waals surface area contributed by atoms with Crippen molar-refractivity contribution in [3.05, 3.63) is 17.8 Å². The predicted octanol–water partition coefficient (Wildman–Crippen LogP) is 0.197. The first-order chi connectivity index (χ1) is 7.66. The Labute approximate surface area is 95.7 Å². The molecule has 2 aromatic heterocycles. The molecule has 1 unspecified atom stereocenters. The smallest absolute Gasteiger partial charge is 0.253 e. The molecule has 0 bridgehead atoms. The molecule has 1 amide bonds. The minimum absolute atomic E-state index is 0.214. The van der Waals surface area contributed by atoms with Crippen molar-refractivity contribution in [2.45, 2.75) is 13.0 Å². The average molecular weight is 238 g/mol. The molecule has 2 aromatic rings. The van der Waals surface area contributed by atoms with Crippen LogP contribution in [0, 0.1) is 0 Å². The van der Waals surface area contributed by atoms with E-state index in [-0.39, 0.29) is 12.5 Å². The van der Waals surface area contributed by atoms with E-state index in [2.05, 4.69) is 19.0 Å². The number of carbonyl (C=O) groups excluding carboxylic acids is 1. The number of hydrogen-bond donors (Lipinski definition) is 2. The Morgan fingerprint density at radius 3 is 3.19 bits per heavy atom. The number of carbonyl (C=O) groups is 1. The topological polar surface area (TPSA) is 88.0 Å². The third-order valence-corrected chi connectivity index (χ3v) is 2.47. The fraction of sp³-hybridized carbons (Fsp3) is 0.333. The zero-order valence-electron chi connectivity index (χ0n) is 8.54. The number of pyridine rings is 1. The van der Waals surface area contributed by atoms with Crippen molar-refractivity contribution in [2.24, 2.45) is 0 Å². The van der Waals surface area contributed by atoms with Crippen LogP contribution in [0.1, 0.15) is 17.3 Å². The lowest BCUT2D eigenvalue weighted by Crippen LogP contribution is -2.30. The maximum atomic E-state index is 11.6. The molecule has 0 aliphatic carbocycles. The molecular weight excluding hydrogens is 228 g/mol. The van der Waals surface area contributed by atoms with Gasteiger partial charge < -0.3 is 10.4 Å². The van der Waals surface area contributed by atoms with Crippen LogP contribution in [0.15, 0.2) is 12.3 Å². The molecule has 16 heavy (non-hydrogen) atoms. The molecular formula is C9H10N4O2S. The summed E-state index contributed by atoms with van der Waals surface area (Å²) in [4.78, 5) is 15.6. The fourth-order valence-electron chi connectivity index (χ4n) is 1.15. The number of aliphatic hydroxyl groups is 1. The van der Waals surface area contributed by atoms with E-state index in [9.17, 15) is 4.79 Å². The van der Waals surface area contributed by atoms with E-state index in [1.165, 1.54) is 6.20 Å². The SMILES string of the molecule is CC(O)CNC(=O)c1cnc2nsnc2c1. The van der Waals surface area contributed by atoms with Crippen LogP contribution in [0.4, 0.5) is 0 Å². The number of nitrogens with zero attached hydrogens (tertiary/aromatic N) is 3. The third-order valence-electron chi connectivity index (χ3n) is 1.93. The van der Waals surface area contributed by atoms with E-state index < -0.39 is 6.10 Å². The molecule has 0 saturated carbocycles. The molecule has 84 valence electrons. The van der Waals surface area contributed by atoms with Gasteiger partial charge in [0.2, 0.25) is 0 Å². The standard InChI is InChI=1S/C9H10N4O2S/c1-5(14)3-11-9(15)6-2-7-8(10-4-6)13-16-12-7/h2,4-5,14H,3H2,1H3,(H,11,15). The largest absolute Gasteiger partial charge is 0.392 e. The highest BCUT2D eigenvalue weighted by Crippen LogP contribution is 2.10. The molecule has 0 radical (unpaired) electrons. The van der Waals surface area contributed by atoms with Crippen molar-refractivity contribution < 1.29 is 9.90 Å². The maximum absolute atomic E-state index is 11.6. The van der Waals surface area contributed by atoms with Gasteiger partial charge in [0.25, 0.3) is 5.91 Å². The first-order valence-corrected chi connectivity index (χ1v) is 5.44. The summed E-state index contributed by atoms with van der Waals surface area (Å²) in [7, 11) is 0. The zero-order valence-corrected chi connectivity index (χ0v) is 9.36. The highest BCUT2D eigenvalue weighted by molar-refractivity contribution is 7.00. The number of amides is 1. The van der Waals surface area contributed by atoms with Crippen LogP contribution in [-0.2, 0) is 0 Å².